The molecule has 2 saturated carbocycles. The number of phenols is 1. The van der Waals surface area contributed by atoms with Crippen molar-refractivity contribution >= 4 is 0 Å². The molecule has 3 aliphatic rings. The van der Waals surface area contributed by atoms with Crippen molar-refractivity contribution in [3.05, 3.63) is 47.5 Å². The molecule has 2 aromatic carbocycles. The van der Waals surface area contributed by atoms with Crippen molar-refractivity contribution < 1.29 is 19.3 Å². The van der Waals surface area contributed by atoms with Crippen molar-refractivity contribution in [1.82, 2.24) is 0 Å². The normalized spacial score (nSPS) is 32.4. The number of hydrogen-bond acceptors (Lipinski definition) is 4. The van der Waals surface area contributed by atoms with Crippen molar-refractivity contribution in [2.24, 2.45) is 29.1 Å². The molecular formula is C29H38O4. The molecule has 5 rings (SSSR count). The molecule has 3 aliphatic carbocycles. The number of methoxy groups -OCH3 is 2. The summed E-state index contributed by atoms with van der Waals surface area (Å²) in [5.41, 5.74) is 3.30. The third kappa shape index (κ3) is 3.86. The van der Waals surface area contributed by atoms with Crippen molar-refractivity contribution in [2.75, 3.05) is 20.8 Å². The summed E-state index contributed by atoms with van der Waals surface area (Å²) in [6, 6.07) is 11.9. The summed E-state index contributed by atoms with van der Waals surface area (Å²) < 4.78 is 16.9. The molecule has 0 radical (unpaired) electrons. The van der Waals surface area contributed by atoms with Crippen LogP contribution in [-0.2, 0) is 6.42 Å². The molecular weight excluding hydrogens is 412 g/mol. The second-order valence-electron chi connectivity index (χ2n) is 10.8. The van der Waals surface area contributed by atoms with E-state index in [0.29, 0.717) is 28.7 Å². The van der Waals surface area contributed by atoms with E-state index in [1.165, 1.54) is 36.8 Å². The van der Waals surface area contributed by atoms with Gasteiger partial charge in [0.2, 0.25) is 0 Å². The van der Waals surface area contributed by atoms with Crippen LogP contribution in [-0.4, -0.2) is 25.9 Å². The van der Waals surface area contributed by atoms with Crippen LogP contribution in [0.5, 0.6) is 23.0 Å². The van der Waals surface area contributed by atoms with Gasteiger partial charge in [-0.15, -0.1) is 0 Å². The first kappa shape index (κ1) is 22.4. The quantitative estimate of drug-likeness (QED) is 0.539. The van der Waals surface area contributed by atoms with E-state index in [2.05, 4.69) is 19.9 Å². The van der Waals surface area contributed by atoms with E-state index >= 15 is 0 Å². The summed E-state index contributed by atoms with van der Waals surface area (Å²) in [6.45, 7) is 5.76. The maximum absolute atomic E-state index is 9.99. The van der Waals surface area contributed by atoms with E-state index in [9.17, 15) is 5.11 Å². The number of benzene rings is 2. The lowest BCUT2D eigenvalue weighted by molar-refractivity contribution is 0.000913. The van der Waals surface area contributed by atoms with Crippen molar-refractivity contribution in [3.8, 4) is 23.0 Å². The van der Waals surface area contributed by atoms with E-state index in [0.717, 1.165) is 48.7 Å². The van der Waals surface area contributed by atoms with Gasteiger partial charge in [0.25, 0.3) is 0 Å². The van der Waals surface area contributed by atoms with Gasteiger partial charge < -0.3 is 19.3 Å². The van der Waals surface area contributed by atoms with Crippen LogP contribution in [0.15, 0.2) is 36.4 Å². The van der Waals surface area contributed by atoms with E-state index in [4.69, 9.17) is 14.2 Å². The number of fused-ring (bicyclic) bond motifs is 5. The maximum atomic E-state index is 9.99. The van der Waals surface area contributed by atoms with E-state index < -0.39 is 0 Å². The van der Waals surface area contributed by atoms with Crippen molar-refractivity contribution in [1.29, 1.82) is 0 Å². The Kier molecular flexibility index (Phi) is 5.96. The van der Waals surface area contributed by atoms with Gasteiger partial charge in [-0.25, -0.2) is 0 Å². The minimum absolute atomic E-state index is 0.408. The molecule has 0 bridgehead atoms. The summed E-state index contributed by atoms with van der Waals surface area (Å²) in [7, 11) is 3.31. The van der Waals surface area contributed by atoms with Crippen LogP contribution >= 0.6 is 0 Å². The van der Waals surface area contributed by atoms with Gasteiger partial charge in [0, 0.05) is 6.07 Å². The highest BCUT2D eigenvalue weighted by Crippen LogP contribution is 2.64. The highest BCUT2D eigenvalue weighted by molar-refractivity contribution is 5.45. The highest BCUT2D eigenvalue weighted by atomic mass is 16.5. The minimum atomic E-state index is 0.408. The molecule has 178 valence electrons. The number of aromatic hydroxyl groups is 1. The molecule has 0 aliphatic heterocycles. The standard InChI is InChI=1S/C29H38O4/c1-18-15-19-16-21(30)6-8-23(19)24-11-13-29(2)20(5-9-25(29)28(18)24)12-14-33-22-7-10-26(31-3)27(17-22)32-4/h6-8,10,16-18,20,24-25,28,30H,5,9,11-15H2,1-4H3/t18?,20-,24?,25?,28?,29?/m1/s1. The number of phenolic OH excluding ortho intramolecular Hbond substituents is 1. The molecule has 2 aromatic rings. The number of rotatable bonds is 6. The molecule has 6 atom stereocenters. The molecule has 0 aromatic heterocycles. The van der Waals surface area contributed by atoms with Crippen LogP contribution in [0, 0.1) is 29.1 Å². The Hall–Kier alpha value is -2.36. The summed E-state index contributed by atoms with van der Waals surface area (Å²) in [5.74, 6) is 6.30. The third-order valence-corrected chi connectivity index (χ3v) is 9.34. The monoisotopic (exact) mass is 450 g/mol. The second kappa shape index (κ2) is 8.77. The summed E-state index contributed by atoms with van der Waals surface area (Å²) >= 11 is 0. The fraction of sp³-hybridized carbons (Fsp3) is 0.586. The molecule has 0 spiro atoms. The first-order valence-corrected chi connectivity index (χ1v) is 12.6. The van der Waals surface area contributed by atoms with Gasteiger partial charge in [-0.3, -0.25) is 0 Å². The van der Waals surface area contributed by atoms with Gasteiger partial charge in [0.15, 0.2) is 11.5 Å². The third-order valence-electron chi connectivity index (χ3n) is 9.34. The van der Waals surface area contributed by atoms with E-state index in [1.807, 2.05) is 30.3 Å². The zero-order valence-electron chi connectivity index (χ0n) is 20.5. The zero-order valence-corrected chi connectivity index (χ0v) is 20.5. The Labute approximate surface area is 198 Å². The topological polar surface area (TPSA) is 47.9 Å². The fourth-order valence-electron chi connectivity index (χ4n) is 7.77. The SMILES string of the molecule is COc1ccc(OCC[C@H]2CCC3C4C(C)Cc5cc(O)ccc5C4CCC32C)cc1OC. The average molecular weight is 451 g/mol. The highest BCUT2D eigenvalue weighted by Gasteiger charge is 2.55. The Morgan fingerprint density at radius 1 is 1.00 bits per heavy atom. The predicted octanol–water partition coefficient (Wildman–Crippen LogP) is 6.60. The maximum Gasteiger partial charge on any atom is 0.164 e. The first-order chi connectivity index (χ1) is 15.9. The Balaban J connectivity index is 1.27. The fourth-order valence-corrected chi connectivity index (χ4v) is 7.77. The Morgan fingerprint density at radius 3 is 2.61 bits per heavy atom. The molecule has 2 fully saturated rings. The van der Waals surface area contributed by atoms with E-state index in [1.54, 1.807) is 14.2 Å². The van der Waals surface area contributed by atoms with Crippen molar-refractivity contribution in [3.63, 3.8) is 0 Å². The zero-order chi connectivity index (χ0) is 23.2. The van der Waals surface area contributed by atoms with Gasteiger partial charge in [0.05, 0.1) is 20.8 Å². The molecule has 33 heavy (non-hydrogen) atoms. The predicted molar refractivity (Wildman–Crippen MR) is 130 cm³/mol. The summed E-state index contributed by atoms with van der Waals surface area (Å²) in [6.07, 6.45) is 7.44. The lowest BCUT2D eigenvalue weighted by Gasteiger charge is -2.53. The largest absolute Gasteiger partial charge is 0.508 e. The minimum Gasteiger partial charge on any atom is -0.508 e. The van der Waals surface area contributed by atoms with Crippen LogP contribution in [0.25, 0.3) is 0 Å². The molecule has 0 heterocycles. The molecule has 4 nitrogen and oxygen atoms in total. The van der Waals surface area contributed by atoms with Crippen molar-refractivity contribution in [2.45, 2.75) is 58.3 Å². The number of hydrogen-bond donors (Lipinski definition) is 1. The van der Waals surface area contributed by atoms with Crippen LogP contribution in [0.4, 0.5) is 0 Å². The van der Waals surface area contributed by atoms with Crippen LogP contribution < -0.4 is 14.2 Å². The van der Waals surface area contributed by atoms with Gasteiger partial charge in [-0.2, -0.15) is 0 Å². The van der Waals surface area contributed by atoms with Gasteiger partial charge >= 0.3 is 0 Å². The smallest absolute Gasteiger partial charge is 0.164 e. The molecule has 4 heteroatoms. The lowest BCUT2D eigenvalue weighted by atomic mass is 9.51. The second-order valence-corrected chi connectivity index (χ2v) is 10.8. The van der Waals surface area contributed by atoms with Gasteiger partial charge in [0.1, 0.15) is 11.5 Å². The lowest BCUT2D eigenvalue weighted by Crippen LogP contribution is -2.45. The molecule has 0 saturated heterocycles. The summed E-state index contributed by atoms with van der Waals surface area (Å²) in [5, 5.41) is 9.99. The van der Waals surface area contributed by atoms with Gasteiger partial charge in [-0.1, -0.05) is 19.9 Å². The Morgan fingerprint density at radius 2 is 1.82 bits per heavy atom. The van der Waals surface area contributed by atoms with Crippen LogP contribution in [0.1, 0.15) is 63.0 Å². The molecule has 1 N–H and O–H groups in total. The molecule has 5 unspecified atom stereocenters. The number of ether oxygens (including phenoxy) is 3. The van der Waals surface area contributed by atoms with Crippen LogP contribution in [0.3, 0.4) is 0 Å². The Bertz CT molecular complexity index is 1000. The van der Waals surface area contributed by atoms with Gasteiger partial charge in [-0.05, 0) is 109 Å². The summed E-state index contributed by atoms with van der Waals surface area (Å²) in [4.78, 5) is 0. The molecule has 0 amide bonds. The van der Waals surface area contributed by atoms with Crippen LogP contribution in [0.2, 0.25) is 0 Å². The first-order valence-electron chi connectivity index (χ1n) is 12.6. The average Bonchev–Trinajstić information content (AvgIpc) is 3.14. The van der Waals surface area contributed by atoms with E-state index in [-0.39, 0.29) is 0 Å².